The minimum atomic E-state index is -0.0329. The van der Waals surface area contributed by atoms with Crippen molar-refractivity contribution in [2.75, 3.05) is 13.7 Å². The number of fused-ring (bicyclic) bond motifs is 1. The summed E-state index contributed by atoms with van der Waals surface area (Å²) < 4.78 is 5.31. The van der Waals surface area contributed by atoms with E-state index >= 15 is 0 Å². The third kappa shape index (κ3) is 3.81. The van der Waals surface area contributed by atoms with Gasteiger partial charge in [0.15, 0.2) is 5.82 Å². The van der Waals surface area contributed by atoms with Crippen LogP contribution in [-0.4, -0.2) is 33.5 Å². The smallest absolute Gasteiger partial charge is 0.255 e. The molecule has 152 valence electrons. The van der Waals surface area contributed by atoms with E-state index in [1.54, 1.807) is 29.8 Å². The fourth-order valence-electron chi connectivity index (χ4n) is 3.64. The van der Waals surface area contributed by atoms with Crippen molar-refractivity contribution in [1.29, 1.82) is 0 Å². The van der Waals surface area contributed by atoms with Gasteiger partial charge in [-0.1, -0.05) is 18.2 Å². The van der Waals surface area contributed by atoms with Crippen LogP contribution in [0.25, 0.3) is 21.3 Å². The molecule has 4 aromatic rings. The van der Waals surface area contributed by atoms with Gasteiger partial charge in [0.1, 0.15) is 10.8 Å². The summed E-state index contributed by atoms with van der Waals surface area (Å²) in [5.74, 6) is 1.50. The van der Waals surface area contributed by atoms with Gasteiger partial charge in [-0.15, -0.1) is 22.7 Å². The minimum Gasteiger partial charge on any atom is -0.497 e. The molecule has 30 heavy (non-hydrogen) atoms. The van der Waals surface area contributed by atoms with E-state index in [2.05, 4.69) is 14.9 Å². The maximum absolute atomic E-state index is 12.7. The van der Waals surface area contributed by atoms with Crippen LogP contribution < -0.4 is 10.3 Å². The van der Waals surface area contributed by atoms with Crippen LogP contribution in [0.4, 0.5) is 0 Å². The van der Waals surface area contributed by atoms with Gasteiger partial charge in [0.05, 0.1) is 23.2 Å². The van der Waals surface area contributed by atoms with Crippen molar-refractivity contribution in [3.05, 3.63) is 74.5 Å². The molecule has 0 fully saturated rings. The number of methoxy groups -OCH3 is 1. The Morgan fingerprint density at radius 3 is 3.03 bits per heavy atom. The third-order valence-corrected chi connectivity index (χ3v) is 7.06. The van der Waals surface area contributed by atoms with Crippen molar-refractivity contribution in [1.82, 2.24) is 19.9 Å². The van der Waals surface area contributed by atoms with Crippen LogP contribution in [0.1, 0.15) is 16.1 Å². The predicted molar refractivity (Wildman–Crippen MR) is 120 cm³/mol. The molecule has 0 radical (unpaired) electrons. The van der Waals surface area contributed by atoms with Crippen LogP contribution in [0.15, 0.2) is 52.8 Å². The van der Waals surface area contributed by atoms with Crippen molar-refractivity contribution < 1.29 is 4.74 Å². The molecule has 0 unspecified atom stereocenters. The zero-order chi connectivity index (χ0) is 20.5. The molecule has 4 heterocycles. The summed E-state index contributed by atoms with van der Waals surface area (Å²) >= 11 is 3.26. The second-order valence-electron chi connectivity index (χ2n) is 7.14. The van der Waals surface area contributed by atoms with Gasteiger partial charge in [-0.3, -0.25) is 9.69 Å². The SMILES string of the molecule is COc1cccc(-c2ncc(CN3CCc4nc(-c5cccs5)[nH]c(=O)c4C3)s2)c1. The molecule has 0 atom stereocenters. The van der Waals surface area contributed by atoms with Gasteiger partial charge in [0.25, 0.3) is 5.56 Å². The second kappa shape index (κ2) is 8.14. The average Bonchev–Trinajstić information content (AvgIpc) is 3.47. The standard InChI is InChI=1S/C22H20N4O2S2/c1-28-15-5-2-4-14(10-15)22-23-11-16(30-22)12-26-8-7-18-17(13-26)21(27)25-20(24-18)19-6-3-9-29-19/h2-6,9-11H,7-8,12-13H2,1H3,(H,24,25,27). The molecule has 0 aliphatic carbocycles. The Morgan fingerprint density at radius 1 is 1.27 bits per heavy atom. The van der Waals surface area contributed by atoms with Crippen LogP contribution in [0.3, 0.4) is 0 Å². The molecule has 0 spiro atoms. The Balaban J connectivity index is 1.32. The summed E-state index contributed by atoms with van der Waals surface area (Å²) in [6.45, 7) is 2.25. The fraction of sp³-hybridized carbons (Fsp3) is 0.227. The number of nitrogens with zero attached hydrogens (tertiary/aromatic N) is 3. The first-order valence-corrected chi connectivity index (χ1v) is 11.4. The van der Waals surface area contributed by atoms with Gasteiger partial charge in [-0.05, 0) is 23.6 Å². The number of H-pyrrole nitrogens is 1. The van der Waals surface area contributed by atoms with E-state index in [0.29, 0.717) is 12.4 Å². The molecular weight excluding hydrogens is 416 g/mol. The van der Waals surface area contributed by atoms with Gasteiger partial charge in [0.2, 0.25) is 0 Å². The Hall–Kier alpha value is -2.81. The van der Waals surface area contributed by atoms with Crippen LogP contribution in [0.2, 0.25) is 0 Å². The molecule has 5 rings (SSSR count). The lowest BCUT2D eigenvalue weighted by atomic mass is 10.1. The van der Waals surface area contributed by atoms with Crippen molar-refractivity contribution >= 4 is 22.7 Å². The van der Waals surface area contributed by atoms with E-state index < -0.39 is 0 Å². The van der Waals surface area contributed by atoms with Crippen molar-refractivity contribution in [3.8, 4) is 27.0 Å². The first kappa shape index (κ1) is 19.2. The van der Waals surface area contributed by atoms with Gasteiger partial charge < -0.3 is 9.72 Å². The normalized spacial score (nSPS) is 13.9. The molecule has 1 aliphatic heterocycles. The van der Waals surface area contributed by atoms with E-state index in [-0.39, 0.29) is 5.56 Å². The third-order valence-electron chi connectivity index (χ3n) is 5.15. The highest BCUT2D eigenvalue weighted by atomic mass is 32.1. The maximum Gasteiger partial charge on any atom is 0.255 e. The maximum atomic E-state index is 12.7. The number of nitrogens with one attached hydrogen (secondary N) is 1. The number of aromatic amines is 1. The summed E-state index contributed by atoms with van der Waals surface area (Å²) in [7, 11) is 1.67. The predicted octanol–water partition coefficient (Wildman–Crippen LogP) is 4.19. The molecule has 1 aliphatic rings. The zero-order valence-electron chi connectivity index (χ0n) is 16.4. The molecule has 0 saturated carbocycles. The minimum absolute atomic E-state index is 0.0329. The highest BCUT2D eigenvalue weighted by Crippen LogP contribution is 2.29. The molecule has 8 heteroatoms. The lowest BCUT2D eigenvalue weighted by Gasteiger charge is -2.27. The van der Waals surface area contributed by atoms with E-state index in [0.717, 1.165) is 52.0 Å². The number of ether oxygens (including phenoxy) is 1. The van der Waals surface area contributed by atoms with Gasteiger partial charge in [-0.25, -0.2) is 9.97 Å². The number of hydrogen-bond donors (Lipinski definition) is 1. The van der Waals surface area contributed by atoms with Crippen LogP contribution in [-0.2, 0) is 19.5 Å². The van der Waals surface area contributed by atoms with Crippen molar-refractivity contribution in [3.63, 3.8) is 0 Å². The summed E-state index contributed by atoms with van der Waals surface area (Å²) in [5, 5.41) is 2.96. The van der Waals surface area contributed by atoms with Crippen LogP contribution in [0, 0.1) is 0 Å². The highest BCUT2D eigenvalue weighted by molar-refractivity contribution is 7.15. The highest BCUT2D eigenvalue weighted by Gasteiger charge is 2.22. The van der Waals surface area contributed by atoms with Gasteiger partial charge in [0, 0.05) is 42.7 Å². The number of thiazole rings is 1. The zero-order valence-corrected chi connectivity index (χ0v) is 18.1. The van der Waals surface area contributed by atoms with Crippen molar-refractivity contribution in [2.24, 2.45) is 0 Å². The largest absolute Gasteiger partial charge is 0.497 e. The van der Waals surface area contributed by atoms with E-state index in [4.69, 9.17) is 9.72 Å². The molecule has 1 N–H and O–H groups in total. The van der Waals surface area contributed by atoms with Crippen LogP contribution >= 0.6 is 22.7 Å². The number of rotatable bonds is 5. The molecular formula is C22H20N4O2S2. The van der Waals surface area contributed by atoms with Crippen molar-refractivity contribution in [2.45, 2.75) is 19.5 Å². The van der Waals surface area contributed by atoms with E-state index in [9.17, 15) is 4.79 Å². The summed E-state index contributed by atoms with van der Waals surface area (Å²) in [4.78, 5) is 29.4. The molecule has 1 aromatic carbocycles. The number of hydrogen-bond acceptors (Lipinski definition) is 7. The number of aromatic nitrogens is 3. The quantitative estimate of drug-likeness (QED) is 0.508. The summed E-state index contributed by atoms with van der Waals surface area (Å²) in [6, 6.07) is 11.9. The molecule has 0 saturated heterocycles. The molecule has 3 aromatic heterocycles. The first-order chi connectivity index (χ1) is 14.7. The first-order valence-electron chi connectivity index (χ1n) is 9.67. The lowest BCUT2D eigenvalue weighted by Crippen LogP contribution is -2.35. The second-order valence-corrected chi connectivity index (χ2v) is 9.20. The Bertz CT molecular complexity index is 1230. The lowest BCUT2D eigenvalue weighted by molar-refractivity contribution is 0.244. The fourth-order valence-corrected chi connectivity index (χ4v) is 5.26. The number of benzene rings is 1. The van der Waals surface area contributed by atoms with E-state index in [1.807, 2.05) is 48.0 Å². The van der Waals surface area contributed by atoms with Gasteiger partial charge >= 0.3 is 0 Å². The summed E-state index contributed by atoms with van der Waals surface area (Å²) in [6.07, 6.45) is 2.70. The van der Waals surface area contributed by atoms with E-state index in [1.165, 1.54) is 4.88 Å². The molecule has 6 nitrogen and oxygen atoms in total. The monoisotopic (exact) mass is 436 g/mol. The molecule has 0 amide bonds. The van der Waals surface area contributed by atoms with Gasteiger partial charge in [-0.2, -0.15) is 0 Å². The Kier molecular flexibility index (Phi) is 5.20. The topological polar surface area (TPSA) is 71.1 Å². The average molecular weight is 437 g/mol. The Labute approximate surface area is 181 Å². The summed E-state index contributed by atoms with van der Waals surface area (Å²) in [5.41, 5.74) is 2.71. The molecule has 0 bridgehead atoms. The van der Waals surface area contributed by atoms with Crippen LogP contribution in [0.5, 0.6) is 5.75 Å². The number of thiophene rings is 1. The Morgan fingerprint density at radius 2 is 2.20 bits per heavy atom.